The van der Waals surface area contributed by atoms with E-state index in [9.17, 15) is 0 Å². The lowest BCUT2D eigenvalue weighted by atomic mass is 9.94. The van der Waals surface area contributed by atoms with Gasteiger partial charge in [0.25, 0.3) is 0 Å². The van der Waals surface area contributed by atoms with Gasteiger partial charge in [-0.3, -0.25) is 0 Å². The summed E-state index contributed by atoms with van der Waals surface area (Å²) in [5.74, 6) is 3.58. The largest absolute Gasteiger partial charge is 0.457 e. The third-order valence-corrected chi connectivity index (χ3v) is 6.33. The summed E-state index contributed by atoms with van der Waals surface area (Å²) in [6.45, 7) is 0.847. The van der Waals surface area contributed by atoms with Gasteiger partial charge >= 0.3 is 0 Å². The lowest BCUT2D eigenvalue weighted by molar-refractivity contribution is 0.482. The van der Waals surface area contributed by atoms with Crippen LogP contribution in [0.5, 0.6) is 11.5 Å². The van der Waals surface area contributed by atoms with Gasteiger partial charge in [0.2, 0.25) is 0 Å². The van der Waals surface area contributed by atoms with Crippen LogP contribution in [0.1, 0.15) is 22.7 Å². The zero-order valence-corrected chi connectivity index (χ0v) is 21.5. The van der Waals surface area contributed by atoms with E-state index in [0.717, 1.165) is 34.8 Å². The number of hydrogen-bond acceptors (Lipinski definition) is 6. The van der Waals surface area contributed by atoms with Crippen molar-refractivity contribution in [3.05, 3.63) is 113 Å². The zero-order chi connectivity index (χ0) is 25.3. The van der Waals surface area contributed by atoms with Gasteiger partial charge in [-0.05, 0) is 59.8 Å². The van der Waals surface area contributed by atoms with Crippen LogP contribution in [0.25, 0.3) is 0 Å². The molecular formula is C28H28ClN5OS. The normalized spacial score (nSPS) is 12.2. The molecule has 0 saturated heterocycles. The van der Waals surface area contributed by atoms with E-state index in [0.29, 0.717) is 28.0 Å². The Hall–Kier alpha value is -3.52. The van der Waals surface area contributed by atoms with Gasteiger partial charge in [0.1, 0.15) is 23.2 Å². The number of nitrogens with zero attached hydrogens (tertiary/aromatic N) is 2. The fourth-order valence-corrected chi connectivity index (χ4v) is 4.06. The van der Waals surface area contributed by atoms with Crippen molar-refractivity contribution in [3.8, 4) is 11.5 Å². The second-order valence-electron chi connectivity index (χ2n) is 8.01. The Labute approximate surface area is 220 Å². The number of anilines is 1. The lowest BCUT2D eigenvalue weighted by Gasteiger charge is -2.17. The number of pyridine rings is 1. The third-order valence-electron chi connectivity index (χ3n) is 5.47. The molecule has 8 heteroatoms. The smallest absolute Gasteiger partial charge is 0.132 e. The van der Waals surface area contributed by atoms with Gasteiger partial charge in [-0.15, -0.1) is 0 Å². The summed E-state index contributed by atoms with van der Waals surface area (Å²) in [6, 6.07) is 26.0. The fourth-order valence-electron chi connectivity index (χ4n) is 3.63. The molecule has 1 aromatic heterocycles. The minimum atomic E-state index is -0.358. The van der Waals surface area contributed by atoms with Gasteiger partial charge in [0.15, 0.2) is 0 Å². The second kappa shape index (κ2) is 12.4. The van der Waals surface area contributed by atoms with Gasteiger partial charge in [-0.2, -0.15) is 11.8 Å². The Balaban J connectivity index is 1.48. The first-order chi connectivity index (χ1) is 17.5. The molecule has 0 radical (unpaired) electrons. The Morgan fingerprint density at radius 3 is 2.53 bits per heavy atom. The number of aliphatic imine (C=N–C) groups is 1. The van der Waals surface area contributed by atoms with Crippen molar-refractivity contribution in [2.75, 3.05) is 23.9 Å². The number of halogens is 1. The number of nitrogens with two attached hydrogens (primary N) is 2. The molecular weight excluding hydrogens is 490 g/mol. The highest BCUT2D eigenvalue weighted by Crippen LogP contribution is 2.27. The number of aromatic nitrogens is 1. The van der Waals surface area contributed by atoms with E-state index in [1.54, 1.807) is 18.0 Å². The zero-order valence-electron chi connectivity index (χ0n) is 19.9. The van der Waals surface area contributed by atoms with Crippen LogP contribution in [0.2, 0.25) is 5.02 Å². The fraction of sp³-hybridized carbons (Fsp3) is 0.143. The molecule has 5 N–H and O–H groups in total. The summed E-state index contributed by atoms with van der Waals surface area (Å²) < 4.78 is 5.99. The molecule has 1 unspecified atom stereocenters. The Morgan fingerprint density at radius 2 is 1.78 bits per heavy atom. The van der Waals surface area contributed by atoms with Crippen LogP contribution in [0.15, 0.2) is 96.1 Å². The molecule has 1 heterocycles. The van der Waals surface area contributed by atoms with Crippen molar-refractivity contribution in [3.63, 3.8) is 0 Å². The molecule has 184 valence electrons. The average molecular weight is 518 g/mol. The number of hydrogen-bond donors (Lipinski definition) is 3. The quantitative estimate of drug-likeness (QED) is 0.128. The van der Waals surface area contributed by atoms with Gasteiger partial charge in [0, 0.05) is 35.1 Å². The second-order valence-corrected chi connectivity index (χ2v) is 9.43. The van der Waals surface area contributed by atoms with Crippen LogP contribution < -0.4 is 21.5 Å². The molecule has 1 atom stereocenters. The summed E-state index contributed by atoms with van der Waals surface area (Å²) in [4.78, 5) is 8.95. The predicted octanol–water partition coefficient (Wildman–Crippen LogP) is 6.39. The van der Waals surface area contributed by atoms with E-state index >= 15 is 0 Å². The van der Waals surface area contributed by atoms with Gasteiger partial charge in [-0.1, -0.05) is 48.0 Å². The summed E-state index contributed by atoms with van der Waals surface area (Å²) in [7, 11) is 0. The summed E-state index contributed by atoms with van der Waals surface area (Å²) in [6.07, 6.45) is 3.80. The molecule has 0 spiro atoms. The number of rotatable bonds is 10. The molecule has 4 aromatic rings. The highest BCUT2D eigenvalue weighted by molar-refractivity contribution is 7.98. The Morgan fingerprint density at radius 1 is 1.03 bits per heavy atom. The average Bonchev–Trinajstić information content (AvgIpc) is 2.90. The molecule has 0 fully saturated rings. The van der Waals surface area contributed by atoms with E-state index < -0.39 is 0 Å². The number of benzene rings is 3. The summed E-state index contributed by atoms with van der Waals surface area (Å²) in [5, 5.41) is 3.95. The molecule has 4 rings (SSSR count). The molecule has 0 aliphatic carbocycles. The number of thioether (sulfide) groups is 1. The minimum Gasteiger partial charge on any atom is -0.457 e. The maximum absolute atomic E-state index is 6.56. The standard InChI is InChI=1S/C28H28ClN5OS/c1-36-17-16-33-26-18-23(14-15-32-26)35-22-12-10-21(11-13-22)34-28(31)25-5-3-2-4-24(25)27(30)19-6-8-20(29)9-7-19/h2-15,18,27H,16-17,30H2,1H3,(H2,31,34)(H,32,33). The van der Waals surface area contributed by atoms with Crippen LogP contribution in [0, 0.1) is 0 Å². The molecule has 0 aliphatic rings. The van der Waals surface area contributed by atoms with Crippen LogP contribution in [-0.4, -0.2) is 29.4 Å². The predicted molar refractivity (Wildman–Crippen MR) is 152 cm³/mol. The van der Waals surface area contributed by atoms with Crippen molar-refractivity contribution >= 4 is 40.7 Å². The van der Waals surface area contributed by atoms with Crippen LogP contribution in [0.3, 0.4) is 0 Å². The summed E-state index contributed by atoms with van der Waals surface area (Å²) >= 11 is 7.81. The highest BCUT2D eigenvalue weighted by atomic mass is 35.5. The Bertz CT molecular complexity index is 1310. The van der Waals surface area contributed by atoms with E-state index in [2.05, 4.69) is 21.5 Å². The number of amidine groups is 1. The first-order valence-corrected chi connectivity index (χ1v) is 13.2. The first-order valence-electron chi connectivity index (χ1n) is 11.4. The van der Waals surface area contributed by atoms with Crippen LogP contribution >= 0.6 is 23.4 Å². The molecule has 36 heavy (non-hydrogen) atoms. The van der Waals surface area contributed by atoms with Crippen molar-refractivity contribution in [1.29, 1.82) is 0 Å². The molecule has 3 aromatic carbocycles. The van der Waals surface area contributed by atoms with Crippen molar-refractivity contribution in [2.45, 2.75) is 6.04 Å². The van der Waals surface area contributed by atoms with E-state index in [-0.39, 0.29) is 6.04 Å². The van der Waals surface area contributed by atoms with Crippen molar-refractivity contribution in [2.24, 2.45) is 16.5 Å². The van der Waals surface area contributed by atoms with E-state index in [1.807, 2.05) is 84.9 Å². The monoisotopic (exact) mass is 517 g/mol. The van der Waals surface area contributed by atoms with Crippen molar-refractivity contribution in [1.82, 2.24) is 4.98 Å². The van der Waals surface area contributed by atoms with E-state index in [4.69, 9.17) is 27.8 Å². The lowest BCUT2D eigenvalue weighted by Crippen LogP contribution is -2.20. The van der Waals surface area contributed by atoms with Gasteiger partial charge < -0.3 is 21.5 Å². The molecule has 6 nitrogen and oxygen atoms in total. The number of ether oxygens (including phenoxy) is 1. The summed E-state index contributed by atoms with van der Waals surface area (Å²) in [5.41, 5.74) is 16.3. The Kier molecular flexibility index (Phi) is 8.84. The topological polar surface area (TPSA) is 98.5 Å². The number of nitrogens with one attached hydrogen (secondary N) is 1. The highest BCUT2D eigenvalue weighted by Gasteiger charge is 2.15. The van der Waals surface area contributed by atoms with Gasteiger partial charge in [0.05, 0.1) is 11.7 Å². The molecule has 0 aliphatic heterocycles. The molecule has 0 amide bonds. The van der Waals surface area contributed by atoms with Crippen molar-refractivity contribution < 1.29 is 4.74 Å². The SMILES string of the molecule is CSCCNc1cc(Oc2ccc(N=C(N)c3ccccc3C(N)c3ccc(Cl)cc3)cc2)ccn1. The maximum Gasteiger partial charge on any atom is 0.132 e. The first kappa shape index (κ1) is 25.6. The van der Waals surface area contributed by atoms with Crippen LogP contribution in [0.4, 0.5) is 11.5 Å². The molecule has 0 saturated carbocycles. The van der Waals surface area contributed by atoms with Gasteiger partial charge in [-0.25, -0.2) is 9.98 Å². The van der Waals surface area contributed by atoms with Crippen LogP contribution in [-0.2, 0) is 0 Å². The minimum absolute atomic E-state index is 0.358. The third kappa shape index (κ3) is 6.79. The molecule has 0 bridgehead atoms. The van der Waals surface area contributed by atoms with E-state index in [1.165, 1.54) is 0 Å². The maximum atomic E-state index is 6.56.